The van der Waals surface area contributed by atoms with Crippen molar-refractivity contribution in [3.8, 4) is 0 Å². The van der Waals surface area contributed by atoms with Gasteiger partial charge in [-0.25, -0.2) is 0 Å². The van der Waals surface area contributed by atoms with E-state index in [1.165, 1.54) is 12.8 Å². The first kappa shape index (κ1) is 5.92. The van der Waals surface area contributed by atoms with Crippen LogP contribution in [0.25, 0.3) is 0 Å². The molecule has 0 radical (unpaired) electrons. The van der Waals surface area contributed by atoms with Gasteiger partial charge in [0.15, 0.2) is 0 Å². The van der Waals surface area contributed by atoms with E-state index in [1.54, 1.807) is 0 Å². The molecule has 0 aliphatic heterocycles. The number of carbonyl (C=O) groups is 2. The zero-order chi connectivity index (χ0) is 7.59. The molecule has 0 N–H and O–H groups in total. The second-order valence-corrected chi connectivity index (χ2v) is 4.07. The van der Waals surface area contributed by atoms with Gasteiger partial charge in [-0.3, -0.25) is 4.79 Å². The molecule has 0 saturated heterocycles. The van der Waals surface area contributed by atoms with Crippen molar-refractivity contribution in [3.63, 3.8) is 0 Å². The number of carbonyl (C=O) groups excluding carboxylic acids is 2. The quantitative estimate of drug-likeness (QED) is 0.406. The highest BCUT2D eigenvalue weighted by atomic mass is 16.1. The third-order valence-electron chi connectivity index (χ3n) is 3.96. The maximum atomic E-state index is 11.4. The molecule has 5 aliphatic carbocycles. The minimum absolute atomic E-state index is 0.197. The molecule has 2 heteroatoms. The summed E-state index contributed by atoms with van der Waals surface area (Å²) in [5.74, 6) is 2.08. The number of fused-ring (bicyclic) bond motifs is 2. The molecule has 58 valence electrons. The van der Waals surface area contributed by atoms with Crippen molar-refractivity contribution in [3.05, 3.63) is 0 Å². The Labute approximate surface area is 65.0 Å². The van der Waals surface area contributed by atoms with Crippen LogP contribution in [0.3, 0.4) is 0 Å². The van der Waals surface area contributed by atoms with Gasteiger partial charge in [-0.1, -0.05) is 0 Å². The lowest BCUT2D eigenvalue weighted by Crippen LogP contribution is -2.32. The summed E-state index contributed by atoms with van der Waals surface area (Å²) in [5.41, 5.74) is 0. The van der Waals surface area contributed by atoms with Crippen LogP contribution in [0.2, 0.25) is 0 Å². The van der Waals surface area contributed by atoms with Crippen LogP contribution in [-0.4, -0.2) is 12.1 Å². The number of aldehydes is 1. The Morgan fingerprint density at radius 1 is 1.27 bits per heavy atom. The van der Waals surface area contributed by atoms with Crippen molar-refractivity contribution in [1.82, 2.24) is 0 Å². The van der Waals surface area contributed by atoms with Crippen molar-refractivity contribution >= 4 is 12.1 Å². The lowest BCUT2D eigenvalue weighted by atomic mass is 9.69. The summed E-state index contributed by atoms with van der Waals surface area (Å²) in [6.07, 6.45) is 3.29. The van der Waals surface area contributed by atoms with Crippen molar-refractivity contribution in [2.45, 2.75) is 12.8 Å². The van der Waals surface area contributed by atoms with Crippen LogP contribution >= 0.6 is 0 Å². The molecule has 2 nitrogen and oxygen atoms in total. The van der Waals surface area contributed by atoms with E-state index >= 15 is 0 Å². The van der Waals surface area contributed by atoms with Gasteiger partial charge >= 0.3 is 0 Å². The van der Waals surface area contributed by atoms with Gasteiger partial charge in [0.1, 0.15) is 12.1 Å². The Balaban J connectivity index is 2.04. The number of Topliss-reactive ketones (excluding diaryl/α,β-unsaturated/α-hetero) is 1. The molecule has 5 aliphatic rings. The fraction of sp³-hybridized carbons (Fsp3) is 0.778. The first-order valence-corrected chi connectivity index (χ1v) is 4.33. The van der Waals surface area contributed by atoms with E-state index in [1.807, 2.05) is 0 Å². The smallest absolute Gasteiger partial charge is 0.146 e. The molecule has 5 rings (SSSR count). The van der Waals surface area contributed by atoms with Crippen LogP contribution in [-0.2, 0) is 9.59 Å². The van der Waals surface area contributed by atoms with Gasteiger partial charge in [-0.05, 0) is 30.6 Å². The summed E-state index contributed by atoms with van der Waals surface area (Å²) in [5, 5.41) is 0. The first-order chi connectivity index (χ1) is 5.34. The Bertz CT molecular complexity index is 234. The number of rotatable bonds is 1. The van der Waals surface area contributed by atoms with E-state index in [-0.39, 0.29) is 11.7 Å². The van der Waals surface area contributed by atoms with Gasteiger partial charge in [0.05, 0.1) is 5.92 Å². The van der Waals surface area contributed by atoms with Crippen molar-refractivity contribution in [2.24, 2.45) is 29.6 Å². The summed E-state index contributed by atoms with van der Waals surface area (Å²) in [6.45, 7) is 0. The highest BCUT2D eigenvalue weighted by Crippen LogP contribution is 2.67. The van der Waals surface area contributed by atoms with Crippen LogP contribution in [0.5, 0.6) is 0 Å². The van der Waals surface area contributed by atoms with Gasteiger partial charge in [0.2, 0.25) is 0 Å². The minimum Gasteiger partial charge on any atom is -0.303 e. The number of hydrogen-bond donors (Lipinski definition) is 0. The fourth-order valence-electron chi connectivity index (χ4n) is 3.62. The lowest BCUT2D eigenvalue weighted by molar-refractivity contribution is -0.126. The zero-order valence-electron chi connectivity index (χ0n) is 6.19. The van der Waals surface area contributed by atoms with Crippen molar-refractivity contribution in [1.29, 1.82) is 0 Å². The van der Waals surface area contributed by atoms with Crippen LogP contribution in [0, 0.1) is 29.6 Å². The number of hydrogen-bond acceptors (Lipinski definition) is 2. The molecule has 5 fully saturated rings. The Kier molecular flexibility index (Phi) is 0.846. The standard InChI is InChI=1S/C9H10O2/c10-3-6-7-4-1-2-5(7)8(4)9(6)11/h3-8H,1-2H2/t4-,5?,6?,7?,8?/m0/s1. The molecular formula is C9H10O2. The summed E-state index contributed by atoms with van der Waals surface area (Å²) >= 11 is 0. The fourth-order valence-corrected chi connectivity index (χ4v) is 3.62. The monoisotopic (exact) mass is 150 g/mol. The maximum absolute atomic E-state index is 11.4. The van der Waals surface area contributed by atoms with Gasteiger partial charge in [-0.2, -0.15) is 0 Å². The molecule has 0 aromatic rings. The second-order valence-electron chi connectivity index (χ2n) is 4.07. The van der Waals surface area contributed by atoms with Crippen LogP contribution in [0.1, 0.15) is 12.8 Å². The van der Waals surface area contributed by atoms with Gasteiger partial charge in [0, 0.05) is 5.92 Å². The van der Waals surface area contributed by atoms with E-state index in [2.05, 4.69) is 0 Å². The van der Waals surface area contributed by atoms with Crippen LogP contribution < -0.4 is 0 Å². The van der Waals surface area contributed by atoms with Crippen LogP contribution in [0.4, 0.5) is 0 Å². The highest BCUT2D eigenvalue weighted by Gasteiger charge is 2.68. The molecular weight excluding hydrogens is 140 g/mol. The molecule has 0 aromatic heterocycles. The average molecular weight is 150 g/mol. The third kappa shape index (κ3) is 0.427. The number of ketones is 1. The Morgan fingerprint density at radius 3 is 2.27 bits per heavy atom. The van der Waals surface area contributed by atoms with Gasteiger partial charge < -0.3 is 4.79 Å². The predicted molar refractivity (Wildman–Crippen MR) is 37.8 cm³/mol. The van der Waals surface area contributed by atoms with Crippen LogP contribution in [0.15, 0.2) is 0 Å². The summed E-state index contributed by atoms with van der Waals surface area (Å²) in [7, 11) is 0. The molecule has 0 spiro atoms. The largest absolute Gasteiger partial charge is 0.303 e. The summed E-state index contributed by atoms with van der Waals surface area (Å²) in [4.78, 5) is 22.0. The maximum Gasteiger partial charge on any atom is 0.146 e. The molecule has 5 atom stereocenters. The molecule has 0 heterocycles. The minimum atomic E-state index is -0.197. The molecule has 0 aromatic carbocycles. The molecule has 0 amide bonds. The van der Waals surface area contributed by atoms with Gasteiger partial charge in [-0.15, -0.1) is 0 Å². The van der Waals surface area contributed by atoms with E-state index in [0.29, 0.717) is 23.7 Å². The first-order valence-electron chi connectivity index (χ1n) is 4.33. The molecule has 4 unspecified atom stereocenters. The van der Waals surface area contributed by atoms with Gasteiger partial charge in [0.25, 0.3) is 0 Å². The van der Waals surface area contributed by atoms with Crippen molar-refractivity contribution in [2.75, 3.05) is 0 Å². The molecule has 4 bridgehead atoms. The lowest BCUT2D eigenvalue weighted by Gasteiger charge is -2.33. The summed E-state index contributed by atoms with van der Waals surface area (Å²) in [6, 6.07) is 0. The zero-order valence-corrected chi connectivity index (χ0v) is 6.19. The normalized spacial score (nSPS) is 57.8. The highest BCUT2D eigenvalue weighted by molar-refractivity contribution is 6.00. The van der Waals surface area contributed by atoms with E-state index in [0.717, 1.165) is 6.29 Å². The SMILES string of the molecule is O=CC1C(=O)C2C3CC[C@H]2C13. The van der Waals surface area contributed by atoms with Crippen molar-refractivity contribution < 1.29 is 9.59 Å². The van der Waals surface area contributed by atoms with E-state index < -0.39 is 0 Å². The Morgan fingerprint density at radius 2 is 1.91 bits per heavy atom. The average Bonchev–Trinajstić information content (AvgIpc) is 2.59. The second kappa shape index (κ2) is 1.57. The topological polar surface area (TPSA) is 34.1 Å². The third-order valence-corrected chi connectivity index (χ3v) is 3.96. The van der Waals surface area contributed by atoms with E-state index in [9.17, 15) is 9.59 Å². The summed E-state index contributed by atoms with van der Waals surface area (Å²) < 4.78 is 0. The van der Waals surface area contributed by atoms with E-state index in [4.69, 9.17) is 0 Å². The Hall–Kier alpha value is -0.660. The molecule has 11 heavy (non-hydrogen) atoms. The predicted octanol–water partition coefficient (Wildman–Crippen LogP) is 0.656. The molecule has 5 saturated carbocycles.